The van der Waals surface area contributed by atoms with Crippen LogP contribution in [0.5, 0.6) is 0 Å². The Morgan fingerprint density at radius 2 is 1.73 bits per heavy atom. The van der Waals surface area contributed by atoms with Crippen molar-refractivity contribution >= 4 is 9.84 Å². The topological polar surface area (TPSA) is 47.7 Å². The van der Waals surface area contributed by atoms with Gasteiger partial charge in [-0.1, -0.05) is 48.0 Å². The standard InChI is InChI=1S/C17H17NO3S/c1-14-8-10-16(11-9-14)22(19,20)17(18-2)13-21-12-15-6-4-3-5-7-15/h3-11,17H,12-13H2,1H3. The quantitative estimate of drug-likeness (QED) is 0.769. The molecule has 0 aromatic heterocycles. The Bertz CT molecular complexity index is 747. The summed E-state index contributed by atoms with van der Waals surface area (Å²) in [5.74, 6) is 0. The number of hydrogen-bond acceptors (Lipinski definition) is 3. The van der Waals surface area contributed by atoms with Crippen LogP contribution in [0.15, 0.2) is 59.5 Å². The smallest absolute Gasteiger partial charge is 0.347 e. The Morgan fingerprint density at radius 1 is 1.09 bits per heavy atom. The number of hydrogen-bond donors (Lipinski definition) is 0. The first-order chi connectivity index (χ1) is 10.5. The molecule has 1 unspecified atom stereocenters. The minimum atomic E-state index is -3.70. The second kappa shape index (κ2) is 7.21. The van der Waals surface area contributed by atoms with Crippen molar-refractivity contribution in [1.29, 1.82) is 0 Å². The highest BCUT2D eigenvalue weighted by atomic mass is 32.2. The zero-order chi connectivity index (χ0) is 16.0. The summed E-state index contributed by atoms with van der Waals surface area (Å²) < 4.78 is 30.3. The normalized spacial score (nSPS) is 12.5. The van der Waals surface area contributed by atoms with Gasteiger partial charge in [0, 0.05) is 0 Å². The number of sulfone groups is 1. The first-order valence-electron chi connectivity index (χ1n) is 6.83. The Kier molecular flexibility index (Phi) is 5.31. The molecule has 0 aliphatic rings. The van der Waals surface area contributed by atoms with Crippen molar-refractivity contribution < 1.29 is 13.2 Å². The van der Waals surface area contributed by atoms with Gasteiger partial charge in [0.25, 0.3) is 9.84 Å². The van der Waals surface area contributed by atoms with Crippen LogP contribution < -0.4 is 0 Å². The van der Waals surface area contributed by atoms with Crippen LogP contribution in [0.3, 0.4) is 0 Å². The Labute approximate surface area is 131 Å². The Morgan fingerprint density at radius 3 is 2.32 bits per heavy atom. The summed E-state index contributed by atoms with van der Waals surface area (Å²) in [6.45, 7) is 9.18. The van der Waals surface area contributed by atoms with E-state index in [2.05, 4.69) is 4.85 Å². The van der Waals surface area contributed by atoms with E-state index in [1.807, 2.05) is 37.3 Å². The van der Waals surface area contributed by atoms with Crippen molar-refractivity contribution in [2.45, 2.75) is 23.8 Å². The number of rotatable bonds is 6. The minimum absolute atomic E-state index is 0.144. The molecule has 114 valence electrons. The van der Waals surface area contributed by atoms with Crippen LogP contribution in [0.25, 0.3) is 4.85 Å². The SMILES string of the molecule is [C-]#[N+]C(COCc1ccccc1)S(=O)(=O)c1ccc(C)cc1. The van der Waals surface area contributed by atoms with Gasteiger partial charge in [0.2, 0.25) is 0 Å². The molecule has 0 radical (unpaired) electrons. The van der Waals surface area contributed by atoms with E-state index in [1.54, 1.807) is 12.1 Å². The van der Waals surface area contributed by atoms with Crippen molar-refractivity contribution in [3.05, 3.63) is 77.1 Å². The second-order valence-corrected chi connectivity index (χ2v) is 7.05. The molecule has 2 aromatic carbocycles. The summed E-state index contributed by atoms with van der Waals surface area (Å²) in [7, 11) is -3.70. The van der Waals surface area contributed by atoms with Crippen LogP contribution in [0.1, 0.15) is 11.1 Å². The average molecular weight is 315 g/mol. The lowest BCUT2D eigenvalue weighted by atomic mass is 10.2. The van der Waals surface area contributed by atoms with Crippen molar-refractivity contribution in [3.63, 3.8) is 0 Å². The third kappa shape index (κ3) is 3.94. The third-order valence-corrected chi connectivity index (χ3v) is 5.11. The zero-order valence-corrected chi connectivity index (χ0v) is 13.1. The average Bonchev–Trinajstić information content (AvgIpc) is 2.53. The van der Waals surface area contributed by atoms with Gasteiger partial charge < -0.3 is 4.74 Å². The summed E-state index contributed by atoms with van der Waals surface area (Å²) in [4.78, 5) is 3.38. The highest BCUT2D eigenvalue weighted by Gasteiger charge is 2.32. The molecule has 0 heterocycles. The summed E-state index contributed by atoms with van der Waals surface area (Å²) in [6.07, 6.45) is 0. The van der Waals surface area contributed by atoms with Gasteiger partial charge in [0.1, 0.15) is 6.61 Å². The fraction of sp³-hybridized carbons (Fsp3) is 0.235. The van der Waals surface area contributed by atoms with Crippen LogP contribution in [-0.4, -0.2) is 20.4 Å². The highest BCUT2D eigenvalue weighted by molar-refractivity contribution is 7.92. The van der Waals surface area contributed by atoms with E-state index >= 15 is 0 Å². The van der Waals surface area contributed by atoms with E-state index in [-0.39, 0.29) is 18.1 Å². The van der Waals surface area contributed by atoms with E-state index in [1.165, 1.54) is 12.1 Å². The lowest BCUT2D eigenvalue weighted by Crippen LogP contribution is -2.23. The zero-order valence-electron chi connectivity index (χ0n) is 12.3. The van der Waals surface area contributed by atoms with Crippen LogP contribution >= 0.6 is 0 Å². The molecular formula is C17H17NO3S. The lowest BCUT2D eigenvalue weighted by Gasteiger charge is -2.09. The molecule has 1 atom stereocenters. The maximum Gasteiger partial charge on any atom is 0.347 e. The highest BCUT2D eigenvalue weighted by Crippen LogP contribution is 2.18. The van der Waals surface area contributed by atoms with Gasteiger partial charge in [0.05, 0.1) is 11.5 Å². The molecular weight excluding hydrogens is 298 g/mol. The fourth-order valence-corrected chi connectivity index (χ4v) is 3.18. The summed E-state index contributed by atoms with van der Waals surface area (Å²) >= 11 is 0. The molecule has 0 aliphatic heterocycles. The molecule has 0 N–H and O–H groups in total. The van der Waals surface area contributed by atoms with E-state index in [4.69, 9.17) is 11.3 Å². The van der Waals surface area contributed by atoms with Gasteiger partial charge in [-0.2, -0.15) is 0 Å². The van der Waals surface area contributed by atoms with Crippen molar-refractivity contribution in [1.82, 2.24) is 0 Å². The molecule has 0 spiro atoms. The second-order valence-electron chi connectivity index (χ2n) is 4.94. The van der Waals surface area contributed by atoms with Gasteiger partial charge in [-0.3, -0.25) is 4.85 Å². The van der Waals surface area contributed by atoms with Crippen molar-refractivity contribution in [2.75, 3.05) is 6.61 Å². The van der Waals surface area contributed by atoms with E-state index in [0.717, 1.165) is 11.1 Å². The molecule has 2 aromatic rings. The predicted molar refractivity (Wildman–Crippen MR) is 84.9 cm³/mol. The van der Waals surface area contributed by atoms with Crippen molar-refractivity contribution in [2.24, 2.45) is 0 Å². The monoisotopic (exact) mass is 315 g/mol. The number of benzene rings is 2. The van der Waals surface area contributed by atoms with Crippen LogP contribution in [0.4, 0.5) is 0 Å². The minimum Gasteiger partial charge on any atom is -0.367 e. The summed E-state index contributed by atoms with van der Waals surface area (Å²) in [5.41, 5.74) is 1.91. The van der Waals surface area contributed by atoms with Crippen LogP contribution in [0, 0.1) is 13.5 Å². The molecule has 4 nitrogen and oxygen atoms in total. The van der Waals surface area contributed by atoms with Crippen LogP contribution in [0.2, 0.25) is 0 Å². The maximum atomic E-state index is 12.4. The van der Waals surface area contributed by atoms with E-state index < -0.39 is 15.2 Å². The maximum absolute atomic E-state index is 12.4. The van der Waals surface area contributed by atoms with Gasteiger partial charge >= 0.3 is 5.37 Å². The molecule has 0 amide bonds. The van der Waals surface area contributed by atoms with Crippen LogP contribution in [-0.2, 0) is 21.2 Å². The van der Waals surface area contributed by atoms with Gasteiger partial charge in [-0.05, 0) is 24.6 Å². The number of aryl methyl sites for hydroxylation is 1. The lowest BCUT2D eigenvalue weighted by molar-refractivity contribution is 0.126. The molecule has 0 bridgehead atoms. The molecule has 0 aliphatic carbocycles. The molecule has 5 heteroatoms. The molecule has 0 saturated heterocycles. The molecule has 2 rings (SSSR count). The van der Waals surface area contributed by atoms with E-state index in [9.17, 15) is 8.42 Å². The number of nitrogens with zero attached hydrogens (tertiary/aromatic N) is 1. The predicted octanol–water partition coefficient (Wildman–Crippen LogP) is 3.23. The third-order valence-electron chi connectivity index (χ3n) is 3.22. The Hall–Kier alpha value is -2.16. The first-order valence-corrected chi connectivity index (χ1v) is 8.37. The summed E-state index contributed by atoms with van der Waals surface area (Å²) in [5, 5.41) is -1.22. The van der Waals surface area contributed by atoms with Gasteiger partial charge in [0.15, 0.2) is 0 Å². The van der Waals surface area contributed by atoms with E-state index in [0.29, 0.717) is 0 Å². The summed E-state index contributed by atoms with van der Waals surface area (Å²) in [6, 6.07) is 15.9. The Balaban J connectivity index is 2.04. The molecule has 0 saturated carbocycles. The first kappa shape index (κ1) is 16.2. The van der Waals surface area contributed by atoms with Crippen molar-refractivity contribution in [3.8, 4) is 0 Å². The fourth-order valence-electron chi connectivity index (χ4n) is 1.93. The molecule has 22 heavy (non-hydrogen) atoms. The van der Waals surface area contributed by atoms with Gasteiger partial charge in [-0.25, -0.2) is 15.0 Å². The number of ether oxygens (including phenoxy) is 1. The van der Waals surface area contributed by atoms with Gasteiger partial charge in [-0.15, -0.1) is 0 Å². The molecule has 0 fully saturated rings. The largest absolute Gasteiger partial charge is 0.367 e.